The first-order valence-corrected chi connectivity index (χ1v) is 7.68. The predicted molar refractivity (Wildman–Crippen MR) is 93.3 cm³/mol. The van der Waals surface area contributed by atoms with Gasteiger partial charge in [-0.1, -0.05) is 17.7 Å². The van der Waals surface area contributed by atoms with E-state index in [0.29, 0.717) is 34.4 Å². The minimum atomic E-state index is -0.130. The third-order valence-electron chi connectivity index (χ3n) is 3.61. The van der Waals surface area contributed by atoms with E-state index in [0.717, 1.165) is 5.56 Å². The molecule has 2 aromatic rings. The summed E-state index contributed by atoms with van der Waals surface area (Å²) >= 11 is 5.95. The van der Waals surface area contributed by atoms with Crippen LogP contribution in [0.1, 0.15) is 15.9 Å². The first-order valence-electron chi connectivity index (χ1n) is 7.30. The molecule has 0 unspecified atom stereocenters. The van der Waals surface area contributed by atoms with Crippen molar-refractivity contribution in [2.45, 2.75) is 6.54 Å². The highest BCUT2D eigenvalue weighted by molar-refractivity contribution is 6.30. The zero-order chi connectivity index (χ0) is 17.7. The topological polar surface area (TPSA) is 48.0 Å². The van der Waals surface area contributed by atoms with Crippen molar-refractivity contribution in [2.24, 2.45) is 0 Å². The molecule has 0 fully saturated rings. The smallest absolute Gasteiger partial charge is 0.253 e. The van der Waals surface area contributed by atoms with E-state index in [1.165, 1.54) is 0 Å². The minimum absolute atomic E-state index is 0.130. The molecule has 0 aromatic heterocycles. The van der Waals surface area contributed by atoms with Gasteiger partial charge in [-0.3, -0.25) is 4.79 Å². The number of methoxy groups -OCH3 is 3. The molecule has 128 valence electrons. The van der Waals surface area contributed by atoms with Crippen molar-refractivity contribution in [3.63, 3.8) is 0 Å². The molecular weight excluding hydrogens is 330 g/mol. The Morgan fingerprint density at radius 1 is 1.04 bits per heavy atom. The maximum Gasteiger partial charge on any atom is 0.253 e. The van der Waals surface area contributed by atoms with E-state index in [4.69, 9.17) is 25.8 Å². The molecule has 24 heavy (non-hydrogen) atoms. The molecule has 2 rings (SSSR count). The van der Waals surface area contributed by atoms with Gasteiger partial charge in [0, 0.05) is 29.7 Å². The lowest BCUT2D eigenvalue weighted by atomic mass is 10.1. The van der Waals surface area contributed by atoms with Gasteiger partial charge in [-0.15, -0.1) is 0 Å². The van der Waals surface area contributed by atoms with E-state index in [1.807, 2.05) is 6.07 Å². The molecule has 0 heterocycles. The van der Waals surface area contributed by atoms with Gasteiger partial charge in [-0.05, 0) is 30.3 Å². The number of hydrogen-bond acceptors (Lipinski definition) is 4. The predicted octanol–water partition coefficient (Wildman–Crippen LogP) is 3.64. The van der Waals surface area contributed by atoms with Crippen molar-refractivity contribution in [3.8, 4) is 17.2 Å². The summed E-state index contributed by atoms with van der Waals surface area (Å²) in [6, 6.07) is 10.5. The van der Waals surface area contributed by atoms with Gasteiger partial charge < -0.3 is 19.1 Å². The van der Waals surface area contributed by atoms with Gasteiger partial charge >= 0.3 is 0 Å². The van der Waals surface area contributed by atoms with Crippen LogP contribution in [0.3, 0.4) is 0 Å². The fourth-order valence-electron chi connectivity index (χ4n) is 2.46. The zero-order valence-electron chi connectivity index (χ0n) is 14.1. The van der Waals surface area contributed by atoms with Gasteiger partial charge in [0.15, 0.2) is 11.5 Å². The molecule has 0 bridgehead atoms. The third kappa shape index (κ3) is 3.74. The number of halogens is 1. The standard InChI is InChI=1S/C18H20ClNO4/c1-20(18(21)12-6-5-7-14(19)10-12)11-13-8-9-15(22-2)17(24-4)16(13)23-3/h5-10H,11H2,1-4H3. The van der Waals surface area contributed by atoms with E-state index < -0.39 is 0 Å². The molecule has 6 heteroatoms. The molecule has 0 N–H and O–H groups in total. The Morgan fingerprint density at radius 2 is 1.75 bits per heavy atom. The summed E-state index contributed by atoms with van der Waals surface area (Å²) in [5.74, 6) is 1.49. The van der Waals surface area contributed by atoms with Crippen LogP contribution in [0.2, 0.25) is 5.02 Å². The fourth-order valence-corrected chi connectivity index (χ4v) is 2.65. The van der Waals surface area contributed by atoms with Crippen molar-refractivity contribution in [1.29, 1.82) is 0 Å². The second-order valence-electron chi connectivity index (χ2n) is 5.17. The van der Waals surface area contributed by atoms with Gasteiger partial charge in [0.05, 0.1) is 21.3 Å². The monoisotopic (exact) mass is 349 g/mol. The Bertz CT molecular complexity index is 733. The number of amides is 1. The van der Waals surface area contributed by atoms with E-state index >= 15 is 0 Å². The SMILES string of the molecule is COc1ccc(CN(C)C(=O)c2cccc(Cl)c2)c(OC)c1OC. The molecule has 0 spiro atoms. The van der Waals surface area contributed by atoms with Gasteiger partial charge in [0.25, 0.3) is 5.91 Å². The summed E-state index contributed by atoms with van der Waals surface area (Å²) in [4.78, 5) is 14.1. The normalized spacial score (nSPS) is 10.2. The van der Waals surface area contributed by atoms with Crippen LogP contribution in [0.15, 0.2) is 36.4 Å². The van der Waals surface area contributed by atoms with Crippen molar-refractivity contribution >= 4 is 17.5 Å². The Labute approximate surface area is 146 Å². The molecule has 0 aliphatic rings. The second kappa shape index (κ2) is 7.93. The minimum Gasteiger partial charge on any atom is -0.493 e. The van der Waals surface area contributed by atoms with Gasteiger partial charge in [-0.25, -0.2) is 0 Å². The molecule has 0 aliphatic heterocycles. The van der Waals surface area contributed by atoms with E-state index in [1.54, 1.807) is 63.6 Å². The molecule has 0 aliphatic carbocycles. The van der Waals surface area contributed by atoms with Crippen molar-refractivity contribution in [2.75, 3.05) is 28.4 Å². The first-order chi connectivity index (χ1) is 11.5. The number of benzene rings is 2. The summed E-state index contributed by atoms with van der Waals surface area (Å²) in [5, 5.41) is 0.526. The summed E-state index contributed by atoms with van der Waals surface area (Å²) in [5.41, 5.74) is 1.34. The fraction of sp³-hybridized carbons (Fsp3) is 0.278. The number of hydrogen-bond donors (Lipinski definition) is 0. The Hall–Kier alpha value is -2.40. The lowest BCUT2D eigenvalue weighted by Gasteiger charge is -2.21. The molecule has 2 aromatic carbocycles. The number of carbonyl (C=O) groups excluding carboxylic acids is 1. The summed E-state index contributed by atoms with van der Waals surface area (Å²) < 4.78 is 16.1. The largest absolute Gasteiger partial charge is 0.493 e. The highest BCUT2D eigenvalue weighted by Gasteiger charge is 2.19. The van der Waals surface area contributed by atoms with Crippen LogP contribution in [0.5, 0.6) is 17.2 Å². The van der Waals surface area contributed by atoms with E-state index in [9.17, 15) is 4.79 Å². The van der Waals surface area contributed by atoms with Crippen molar-refractivity contribution in [3.05, 3.63) is 52.5 Å². The van der Waals surface area contributed by atoms with E-state index in [-0.39, 0.29) is 5.91 Å². The summed E-state index contributed by atoms with van der Waals surface area (Å²) in [6.45, 7) is 0.356. The number of nitrogens with zero attached hydrogens (tertiary/aromatic N) is 1. The lowest BCUT2D eigenvalue weighted by molar-refractivity contribution is 0.0784. The van der Waals surface area contributed by atoms with Crippen molar-refractivity contribution in [1.82, 2.24) is 4.90 Å². The zero-order valence-corrected chi connectivity index (χ0v) is 14.9. The van der Waals surface area contributed by atoms with Crippen LogP contribution in [0.4, 0.5) is 0 Å². The highest BCUT2D eigenvalue weighted by Crippen LogP contribution is 2.40. The summed E-state index contributed by atoms with van der Waals surface area (Å²) in [6.07, 6.45) is 0. The van der Waals surface area contributed by atoms with Crippen LogP contribution in [-0.4, -0.2) is 39.2 Å². The van der Waals surface area contributed by atoms with E-state index in [2.05, 4.69) is 0 Å². The van der Waals surface area contributed by atoms with Gasteiger partial charge in [-0.2, -0.15) is 0 Å². The van der Waals surface area contributed by atoms with Gasteiger partial charge in [0.1, 0.15) is 0 Å². The Kier molecular flexibility index (Phi) is 5.93. The molecular formula is C18H20ClNO4. The number of ether oxygens (including phenoxy) is 3. The number of carbonyl (C=O) groups is 1. The number of rotatable bonds is 6. The van der Waals surface area contributed by atoms with Crippen LogP contribution < -0.4 is 14.2 Å². The highest BCUT2D eigenvalue weighted by atomic mass is 35.5. The molecule has 0 radical (unpaired) electrons. The molecule has 0 saturated carbocycles. The average molecular weight is 350 g/mol. The van der Waals surface area contributed by atoms with Crippen LogP contribution in [-0.2, 0) is 6.54 Å². The molecule has 0 saturated heterocycles. The quantitative estimate of drug-likeness (QED) is 0.799. The van der Waals surface area contributed by atoms with Gasteiger partial charge in [0.2, 0.25) is 5.75 Å². The maximum atomic E-state index is 12.5. The molecule has 0 atom stereocenters. The van der Waals surface area contributed by atoms with Crippen molar-refractivity contribution < 1.29 is 19.0 Å². The van der Waals surface area contributed by atoms with Crippen LogP contribution >= 0.6 is 11.6 Å². The second-order valence-corrected chi connectivity index (χ2v) is 5.60. The molecule has 1 amide bonds. The molecule has 5 nitrogen and oxygen atoms in total. The lowest BCUT2D eigenvalue weighted by Crippen LogP contribution is -2.26. The maximum absolute atomic E-state index is 12.5. The third-order valence-corrected chi connectivity index (χ3v) is 3.85. The van der Waals surface area contributed by atoms with Crippen LogP contribution in [0, 0.1) is 0 Å². The first kappa shape index (κ1) is 17.9. The Morgan fingerprint density at radius 3 is 2.33 bits per heavy atom. The van der Waals surface area contributed by atoms with Crippen LogP contribution in [0.25, 0.3) is 0 Å². The Balaban J connectivity index is 2.28. The summed E-state index contributed by atoms with van der Waals surface area (Å²) in [7, 11) is 6.38. The average Bonchev–Trinajstić information content (AvgIpc) is 2.60.